The minimum atomic E-state index is 0.642. The van der Waals surface area contributed by atoms with Crippen LogP contribution in [-0.2, 0) is 0 Å². The fraction of sp³-hybridized carbons (Fsp3) is 0.400. The molecule has 1 fully saturated rings. The van der Waals surface area contributed by atoms with E-state index in [1.807, 2.05) is 18.2 Å². The monoisotopic (exact) mass is 240 g/mol. The maximum Gasteiger partial charge on any atom is 0.0490 e. The maximum absolute atomic E-state index is 3.61. The molecule has 1 aromatic rings. The first-order chi connectivity index (χ1) is 6.34. The number of nitrogens with one attached hydrogen (secondary N) is 1. The number of anilines is 1. The van der Waals surface area contributed by atoms with E-state index in [2.05, 4.69) is 38.5 Å². The van der Waals surface area contributed by atoms with E-state index in [0.29, 0.717) is 4.83 Å². The molecule has 1 aliphatic rings. The standard InChI is InChI=1S/C10H13BrN2/c11-9-6-7-13(8-9)12-10-4-2-1-3-5-10/h1-5,9,12H,6-8H2. The van der Waals surface area contributed by atoms with E-state index in [-0.39, 0.29) is 0 Å². The largest absolute Gasteiger partial charge is 0.319 e. The number of hydrazine groups is 1. The Morgan fingerprint density at radius 1 is 1.31 bits per heavy atom. The molecular formula is C10H13BrN2. The highest BCUT2D eigenvalue weighted by Crippen LogP contribution is 2.17. The zero-order valence-corrected chi connectivity index (χ0v) is 9.00. The average molecular weight is 241 g/mol. The summed E-state index contributed by atoms with van der Waals surface area (Å²) in [6.45, 7) is 2.19. The predicted octanol–water partition coefficient (Wildman–Crippen LogP) is 2.48. The topological polar surface area (TPSA) is 15.3 Å². The number of para-hydroxylation sites is 1. The normalized spacial score (nSPS) is 23.3. The molecule has 0 spiro atoms. The predicted molar refractivity (Wildman–Crippen MR) is 59.0 cm³/mol. The van der Waals surface area contributed by atoms with E-state index in [9.17, 15) is 0 Å². The quantitative estimate of drug-likeness (QED) is 0.800. The molecule has 3 heteroatoms. The van der Waals surface area contributed by atoms with E-state index in [4.69, 9.17) is 0 Å². The lowest BCUT2D eigenvalue weighted by Gasteiger charge is -2.17. The first-order valence-corrected chi connectivity index (χ1v) is 5.47. The van der Waals surface area contributed by atoms with E-state index in [0.717, 1.165) is 13.1 Å². The maximum atomic E-state index is 3.61. The fourth-order valence-corrected chi connectivity index (χ4v) is 2.07. The minimum Gasteiger partial charge on any atom is -0.319 e. The molecule has 2 rings (SSSR count). The Morgan fingerprint density at radius 3 is 2.69 bits per heavy atom. The van der Waals surface area contributed by atoms with Gasteiger partial charge in [0.1, 0.15) is 0 Å². The molecule has 0 bridgehead atoms. The summed E-state index contributed by atoms with van der Waals surface area (Å²) < 4.78 is 0. The molecule has 0 saturated carbocycles. The number of halogens is 1. The van der Waals surface area contributed by atoms with Gasteiger partial charge in [0, 0.05) is 23.6 Å². The zero-order chi connectivity index (χ0) is 9.10. The summed E-state index contributed by atoms with van der Waals surface area (Å²) in [6, 6.07) is 10.3. The third kappa shape index (κ3) is 2.45. The molecule has 0 amide bonds. The van der Waals surface area contributed by atoms with Crippen LogP contribution in [0.1, 0.15) is 6.42 Å². The molecule has 1 heterocycles. The summed E-state index contributed by atoms with van der Waals surface area (Å²) in [4.78, 5) is 0.642. The van der Waals surface area contributed by atoms with Crippen LogP contribution < -0.4 is 5.43 Å². The third-order valence-corrected chi connectivity index (χ3v) is 2.94. The highest BCUT2D eigenvalue weighted by molar-refractivity contribution is 9.09. The first-order valence-electron chi connectivity index (χ1n) is 4.55. The van der Waals surface area contributed by atoms with Crippen molar-refractivity contribution in [2.24, 2.45) is 0 Å². The second-order valence-corrected chi connectivity index (χ2v) is 4.60. The van der Waals surface area contributed by atoms with Crippen LogP contribution in [0.25, 0.3) is 0 Å². The number of nitrogens with zero attached hydrogens (tertiary/aromatic N) is 1. The third-order valence-electron chi connectivity index (χ3n) is 2.19. The second kappa shape index (κ2) is 4.11. The van der Waals surface area contributed by atoms with Crippen molar-refractivity contribution in [3.63, 3.8) is 0 Å². The van der Waals surface area contributed by atoms with Crippen molar-refractivity contribution < 1.29 is 0 Å². The molecule has 13 heavy (non-hydrogen) atoms. The molecule has 1 aromatic carbocycles. The average Bonchev–Trinajstić information content (AvgIpc) is 2.53. The van der Waals surface area contributed by atoms with Crippen molar-refractivity contribution in [2.45, 2.75) is 11.2 Å². The lowest BCUT2D eigenvalue weighted by atomic mass is 10.3. The van der Waals surface area contributed by atoms with Crippen molar-refractivity contribution in [1.29, 1.82) is 0 Å². The van der Waals surface area contributed by atoms with Crippen molar-refractivity contribution in [2.75, 3.05) is 18.5 Å². The highest BCUT2D eigenvalue weighted by Gasteiger charge is 2.19. The number of rotatable bonds is 2. The van der Waals surface area contributed by atoms with Crippen LogP contribution in [0.5, 0.6) is 0 Å². The number of benzene rings is 1. The Bertz CT molecular complexity index is 263. The van der Waals surface area contributed by atoms with Gasteiger partial charge in [-0.3, -0.25) is 0 Å². The van der Waals surface area contributed by atoms with Crippen LogP contribution in [0, 0.1) is 0 Å². The Hall–Kier alpha value is -0.540. The van der Waals surface area contributed by atoms with Crippen LogP contribution in [0.3, 0.4) is 0 Å². The first kappa shape index (κ1) is 9.03. The molecular weight excluding hydrogens is 228 g/mol. The molecule has 1 aliphatic heterocycles. The van der Waals surface area contributed by atoms with Gasteiger partial charge in [-0.1, -0.05) is 34.1 Å². The van der Waals surface area contributed by atoms with E-state index in [1.54, 1.807) is 0 Å². The van der Waals surface area contributed by atoms with Gasteiger partial charge in [0.05, 0.1) is 0 Å². The molecule has 0 radical (unpaired) electrons. The molecule has 1 N–H and O–H groups in total. The van der Waals surface area contributed by atoms with Crippen LogP contribution in [-0.4, -0.2) is 22.9 Å². The SMILES string of the molecule is BrC1CCN(Nc2ccccc2)C1. The summed E-state index contributed by atoms with van der Waals surface area (Å²) in [5, 5.41) is 2.24. The molecule has 1 saturated heterocycles. The number of alkyl halides is 1. The van der Waals surface area contributed by atoms with Crippen LogP contribution in [0.4, 0.5) is 5.69 Å². The van der Waals surface area contributed by atoms with Crippen molar-refractivity contribution in [3.8, 4) is 0 Å². The van der Waals surface area contributed by atoms with Gasteiger partial charge in [-0.2, -0.15) is 0 Å². The summed E-state index contributed by atoms with van der Waals surface area (Å²) in [6.07, 6.45) is 1.22. The van der Waals surface area contributed by atoms with E-state index >= 15 is 0 Å². The van der Waals surface area contributed by atoms with Crippen LogP contribution in [0.2, 0.25) is 0 Å². The second-order valence-electron chi connectivity index (χ2n) is 3.31. The molecule has 70 valence electrons. The molecule has 0 aromatic heterocycles. The number of hydrogen-bond acceptors (Lipinski definition) is 2. The Morgan fingerprint density at radius 2 is 2.08 bits per heavy atom. The van der Waals surface area contributed by atoms with Gasteiger partial charge < -0.3 is 5.43 Å². The smallest absolute Gasteiger partial charge is 0.0490 e. The molecule has 1 unspecified atom stereocenters. The highest BCUT2D eigenvalue weighted by atomic mass is 79.9. The minimum absolute atomic E-state index is 0.642. The Kier molecular flexibility index (Phi) is 2.86. The fourth-order valence-electron chi connectivity index (χ4n) is 1.51. The van der Waals surface area contributed by atoms with Gasteiger partial charge in [0.15, 0.2) is 0 Å². The van der Waals surface area contributed by atoms with Crippen LogP contribution in [0.15, 0.2) is 30.3 Å². The Balaban J connectivity index is 1.92. The van der Waals surface area contributed by atoms with Gasteiger partial charge >= 0.3 is 0 Å². The number of hydrogen-bond donors (Lipinski definition) is 1. The van der Waals surface area contributed by atoms with E-state index in [1.165, 1.54) is 12.1 Å². The molecule has 2 nitrogen and oxygen atoms in total. The summed E-state index contributed by atoms with van der Waals surface area (Å²) in [7, 11) is 0. The van der Waals surface area contributed by atoms with Crippen LogP contribution >= 0.6 is 15.9 Å². The summed E-state index contributed by atoms with van der Waals surface area (Å²) in [5.41, 5.74) is 4.55. The zero-order valence-electron chi connectivity index (χ0n) is 7.41. The van der Waals surface area contributed by atoms with Gasteiger partial charge in [-0.25, -0.2) is 5.01 Å². The van der Waals surface area contributed by atoms with E-state index < -0.39 is 0 Å². The molecule has 0 aliphatic carbocycles. The summed E-state index contributed by atoms with van der Waals surface area (Å²) >= 11 is 3.61. The van der Waals surface area contributed by atoms with Crippen molar-refractivity contribution in [3.05, 3.63) is 30.3 Å². The summed E-state index contributed by atoms with van der Waals surface area (Å²) in [5.74, 6) is 0. The lowest BCUT2D eigenvalue weighted by Crippen LogP contribution is -2.27. The van der Waals surface area contributed by atoms with Gasteiger partial charge in [-0.15, -0.1) is 0 Å². The van der Waals surface area contributed by atoms with Gasteiger partial charge in [-0.05, 0) is 18.6 Å². The van der Waals surface area contributed by atoms with Crippen molar-refractivity contribution >= 4 is 21.6 Å². The Labute approximate surface area is 87.0 Å². The van der Waals surface area contributed by atoms with Gasteiger partial charge in [0.2, 0.25) is 0 Å². The van der Waals surface area contributed by atoms with Crippen molar-refractivity contribution in [1.82, 2.24) is 5.01 Å². The molecule has 1 atom stereocenters. The lowest BCUT2D eigenvalue weighted by molar-refractivity contribution is 0.412. The van der Waals surface area contributed by atoms with Gasteiger partial charge in [0.25, 0.3) is 0 Å².